The average molecular weight is 595 g/mol. The predicted molar refractivity (Wildman–Crippen MR) is 185 cm³/mol. The number of carbonyl (C=O) groups is 1. The molecule has 0 saturated carbocycles. The zero-order chi connectivity index (χ0) is 30.9. The van der Waals surface area contributed by atoms with Gasteiger partial charge in [0.1, 0.15) is 6.10 Å². The van der Waals surface area contributed by atoms with Crippen LogP contribution in [0.15, 0.2) is 0 Å². The van der Waals surface area contributed by atoms with E-state index in [1.807, 2.05) is 0 Å². The highest BCUT2D eigenvalue weighted by molar-refractivity contribution is 5.69. The van der Waals surface area contributed by atoms with E-state index in [9.17, 15) is 4.79 Å². The number of hydrogen-bond donors (Lipinski definition) is 0. The smallest absolute Gasteiger partial charge is 0.306 e. The first-order chi connectivity index (χ1) is 20.6. The molecule has 0 aliphatic rings. The van der Waals surface area contributed by atoms with Crippen LogP contribution >= 0.6 is 0 Å². The summed E-state index contributed by atoms with van der Waals surface area (Å²) >= 11 is 0. The molecule has 3 nitrogen and oxygen atoms in total. The zero-order valence-corrected chi connectivity index (χ0v) is 29.7. The monoisotopic (exact) mass is 595 g/mol. The summed E-state index contributed by atoms with van der Waals surface area (Å²) in [6, 6.07) is 0. The highest BCUT2D eigenvalue weighted by atomic mass is 16.6. The molecule has 0 amide bonds. The first-order valence-electron chi connectivity index (χ1n) is 19.4. The van der Waals surface area contributed by atoms with Crippen molar-refractivity contribution in [2.24, 2.45) is 0 Å². The summed E-state index contributed by atoms with van der Waals surface area (Å²) in [5.74, 6) is 0.00202. The largest absolute Gasteiger partial charge is 0.460 e. The molecular formula is C39H78O3. The van der Waals surface area contributed by atoms with Crippen LogP contribution in [-0.4, -0.2) is 24.3 Å². The lowest BCUT2D eigenvalue weighted by Crippen LogP contribution is -2.36. The fraction of sp³-hybridized carbons (Fsp3) is 0.974. The number of hydrogen-bond acceptors (Lipinski definition) is 3. The van der Waals surface area contributed by atoms with E-state index in [2.05, 4.69) is 34.6 Å². The molecule has 252 valence electrons. The Balaban J connectivity index is 4.68. The number of unbranched alkanes of at least 4 members (excludes halogenated alkanes) is 22. The lowest BCUT2D eigenvalue weighted by molar-refractivity contribution is -0.162. The molecule has 0 fully saturated rings. The first-order valence-corrected chi connectivity index (χ1v) is 19.4. The van der Waals surface area contributed by atoms with E-state index in [-0.39, 0.29) is 24.3 Å². The Bertz CT molecular complexity index is 534. The Morgan fingerprint density at radius 2 is 0.786 bits per heavy atom. The van der Waals surface area contributed by atoms with Crippen molar-refractivity contribution in [2.45, 2.75) is 246 Å². The normalized spacial score (nSPS) is 13.7. The van der Waals surface area contributed by atoms with Gasteiger partial charge in [-0.1, -0.05) is 182 Å². The van der Waals surface area contributed by atoms with E-state index < -0.39 is 0 Å². The van der Waals surface area contributed by atoms with Crippen molar-refractivity contribution in [3.8, 4) is 0 Å². The SMILES string of the molecule is CCCCCCCCCCCC(=O)OC(CCCC)C(CCCCCCCC)OC(C)CCCCCCCCCCC. The standard InChI is InChI=1S/C39H78O3/c1-6-10-14-17-20-22-24-26-29-32-36(5)41-37(34-30-27-19-16-12-8-3)38(33-13-9-4)42-39(40)35-31-28-25-23-21-18-15-11-7-2/h36-38H,6-35H2,1-5H3. The van der Waals surface area contributed by atoms with Gasteiger partial charge >= 0.3 is 5.97 Å². The van der Waals surface area contributed by atoms with E-state index in [0.29, 0.717) is 6.42 Å². The van der Waals surface area contributed by atoms with Gasteiger partial charge in [-0.2, -0.15) is 0 Å². The van der Waals surface area contributed by atoms with Gasteiger partial charge in [0.05, 0.1) is 12.2 Å². The minimum atomic E-state index is -0.0859. The van der Waals surface area contributed by atoms with Crippen molar-refractivity contribution in [2.75, 3.05) is 0 Å². The molecule has 0 heterocycles. The van der Waals surface area contributed by atoms with Gasteiger partial charge < -0.3 is 9.47 Å². The third kappa shape index (κ3) is 28.2. The van der Waals surface area contributed by atoms with E-state index in [1.54, 1.807) is 0 Å². The number of esters is 1. The minimum Gasteiger partial charge on any atom is -0.460 e. The lowest BCUT2D eigenvalue weighted by atomic mass is 9.99. The van der Waals surface area contributed by atoms with Crippen molar-refractivity contribution < 1.29 is 14.3 Å². The number of rotatable bonds is 34. The molecule has 0 radical (unpaired) electrons. The summed E-state index contributed by atoms with van der Waals surface area (Å²) in [5, 5.41) is 0. The van der Waals surface area contributed by atoms with Gasteiger partial charge in [-0.15, -0.1) is 0 Å². The van der Waals surface area contributed by atoms with E-state index >= 15 is 0 Å². The Morgan fingerprint density at radius 1 is 0.429 bits per heavy atom. The second-order valence-corrected chi connectivity index (χ2v) is 13.4. The highest BCUT2D eigenvalue weighted by Crippen LogP contribution is 2.23. The van der Waals surface area contributed by atoms with Crippen LogP contribution in [0.3, 0.4) is 0 Å². The molecule has 3 unspecified atom stereocenters. The van der Waals surface area contributed by atoms with Gasteiger partial charge in [-0.3, -0.25) is 4.79 Å². The third-order valence-electron chi connectivity index (χ3n) is 8.99. The quantitative estimate of drug-likeness (QED) is 0.0549. The summed E-state index contributed by atoms with van der Waals surface area (Å²) in [6.07, 6.45) is 37.5. The Labute approximate surface area is 265 Å². The number of carbonyl (C=O) groups excluding carboxylic acids is 1. The lowest BCUT2D eigenvalue weighted by Gasteiger charge is -2.30. The predicted octanol–water partition coefficient (Wildman–Crippen LogP) is 13.5. The van der Waals surface area contributed by atoms with Crippen LogP contribution in [0, 0.1) is 0 Å². The van der Waals surface area contributed by atoms with E-state index in [0.717, 1.165) is 44.9 Å². The van der Waals surface area contributed by atoms with Crippen LogP contribution in [0.4, 0.5) is 0 Å². The topological polar surface area (TPSA) is 35.5 Å². The van der Waals surface area contributed by atoms with Crippen molar-refractivity contribution in [3.63, 3.8) is 0 Å². The maximum absolute atomic E-state index is 12.9. The molecule has 42 heavy (non-hydrogen) atoms. The van der Waals surface area contributed by atoms with Crippen LogP contribution in [0.1, 0.15) is 227 Å². The van der Waals surface area contributed by atoms with Crippen LogP contribution in [0.5, 0.6) is 0 Å². The third-order valence-corrected chi connectivity index (χ3v) is 8.99. The summed E-state index contributed by atoms with van der Waals surface area (Å²) in [5.41, 5.74) is 0. The first kappa shape index (κ1) is 41.4. The molecule has 0 aliphatic heterocycles. The summed E-state index contributed by atoms with van der Waals surface area (Å²) < 4.78 is 12.9. The second-order valence-electron chi connectivity index (χ2n) is 13.4. The molecule has 3 atom stereocenters. The van der Waals surface area contributed by atoms with Gasteiger partial charge in [-0.25, -0.2) is 0 Å². The Morgan fingerprint density at radius 3 is 1.24 bits per heavy atom. The molecule has 0 saturated heterocycles. The van der Waals surface area contributed by atoms with Crippen LogP contribution in [0.25, 0.3) is 0 Å². The average Bonchev–Trinajstić information content (AvgIpc) is 2.98. The van der Waals surface area contributed by atoms with Gasteiger partial charge in [0.2, 0.25) is 0 Å². The van der Waals surface area contributed by atoms with E-state index in [1.165, 1.54) is 141 Å². The molecule has 0 aromatic heterocycles. The molecule has 0 bridgehead atoms. The van der Waals surface area contributed by atoms with Gasteiger partial charge in [0, 0.05) is 6.42 Å². The van der Waals surface area contributed by atoms with Crippen molar-refractivity contribution in [1.29, 1.82) is 0 Å². The molecular weight excluding hydrogens is 516 g/mol. The highest BCUT2D eigenvalue weighted by Gasteiger charge is 2.27. The summed E-state index contributed by atoms with van der Waals surface area (Å²) in [4.78, 5) is 12.9. The number of ether oxygens (including phenoxy) is 2. The van der Waals surface area contributed by atoms with Crippen molar-refractivity contribution >= 4 is 5.97 Å². The summed E-state index contributed by atoms with van der Waals surface area (Å²) in [6.45, 7) is 11.3. The molecule has 3 heteroatoms. The molecule has 0 aliphatic carbocycles. The molecule has 0 aromatic rings. The van der Waals surface area contributed by atoms with Gasteiger partial charge in [-0.05, 0) is 39.0 Å². The van der Waals surface area contributed by atoms with Crippen LogP contribution < -0.4 is 0 Å². The van der Waals surface area contributed by atoms with Crippen LogP contribution in [-0.2, 0) is 14.3 Å². The Kier molecular flexibility index (Phi) is 32.9. The fourth-order valence-corrected chi connectivity index (χ4v) is 6.11. The van der Waals surface area contributed by atoms with Gasteiger partial charge in [0.25, 0.3) is 0 Å². The zero-order valence-electron chi connectivity index (χ0n) is 29.7. The fourth-order valence-electron chi connectivity index (χ4n) is 6.11. The molecule has 0 spiro atoms. The molecule has 0 aromatic carbocycles. The minimum absolute atomic E-state index is 0.00202. The Hall–Kier alpha value is -0.570. The van der Waals surface area contributed by atoms with Crippen molar-refractivity contribution in [3.05, 3.63) is 0 Å². The second kappa shape index (κ2) is 33.3. The molecule has 0 N–H and O–H groups in total. The van der Waals surface area contributed by atoms with Gasteiger partial charge in [0.15, 0.2) is 0 Å². The van der Waals surface area contributed by atoms with Crippen molar-refractivity contribution in [1.82, 2.24) is 0 Å². The summed E-state index contributed by atoms with van der Waals surface area (Å²) in [7, 11) is 0. The maximum Gasteiger partial charge on any atom is 0.306 e. The maximum atomic E-state index is 12.9. The molecule has 0 rings (SSSR count). The van der Waals surface area contributed by atoms with E-state index in [4.69, 9.17) is 9.47 Å². The van der Waals surface area contributed by atoms with Crippen LogP contribution in [0.2, 0.25) is 0 Å².